The van der Waals surface area contributed by atoms with Crippen LogP contribution >= 0.6 is 12.4 Å². The van der Waals surface area contributed by atoms with Gasteiger partial charge in [0, 0.05) is 13.1 Å². The Balaban J connectivity index is 0.00000180. The summed E-state index contributed by atoms with van der Waals surface area (Å²) in [5, 5.41) is 3.19. The van der Waals surface area contributed by atoms with Crippen molar-refractivity contribution in [2.24, 2.45) is 5.92 Å². The van der Waals surface area contributed by atoms with Crippen molar-refractivity contribution in [3.63, 3.8) is 0 Å². The Kier molecular flexibility index (Phi) is 6.32. The molecule has 0 bridgehead atoms. The molecule has 2 atom stereocenters. The lowest BCUT2D eigenvalue weighted by molar-refractivity contribution is -0.131. The van der Waals surface area contributed by atoms with Crippen LogP contribution in [0.1, 0.15) is 24.8 Å². The van der Waals surface area contributed by atoms with Crippen molar-refractivity contribution >= 4 is 18.3 Å². The van der Waals surface area contributed by atoms with Gasteiger partial charge in [-0.15, -0.1) is 12.4 Å². The second-order valence-corrected chi connectivity index (χ2v) is 5.13. The quantitative estimate of drug-likeness (QED) is 0.919. The van der Waals surface area contributed by atoms with E-state index in [4.69, 9.17) is 0 Å². The zero-order chi connectivity index (χ0) is 13.0. The van der Waals surface area contributed by atoms with Gasteiger partial charge in [0.15, 0.2) is 0 Å². The van der Waals surface area contributed by atoms with Crippen LogP contribution in [0.25, 0.3) is 0 Å². The number of carbonyl (C=O) groups excluding carboxylic acids is 1. The minimum Gasteiger partial charge on any atom is -0.342 e. The van der Waals surface area contributed by atoms with E-state index >= 15 is 0 Å². The maximum absolute atomic E-state index is 12.4. The van der Waals surface area contributed by atoms with Gasteiger partial charge in [-0.05, 0) is 38.4 Å². The summed E-state index contributed by atoms with van der Waals surface area (Å²) in [6.07, 6.45) is 1.12. The summed E-state index contributed by atoms with van der Waals surface area (Å²) in [7, 11) is 1.97. The van der Waals surface area contributed by atoms with Crippen molar-refractivity contribution in [3.05, 3.63) is 35.9 Å². The lowest BCUT2D eigenvalue weighted by Crippen LogP contribution is -2.33. The highest BCUT2D eigenvalue weighted by atomic mass is 35.5. The van der Waals surface area contributed by atoms with E-state index in [1.807, 2.05) is 49.2 Å². The minimum atomic E-state index is -0.0282. The van der Waals surface area contributed by atoms with E-state index in [0.29, 0.717) is 5.92 Å². The predicted octanol–water partition coefficient (Wildman–Crippen LogP) is 2.28. The third kappa shape index (κ3) is 3.95. The van der Waals surface area contributed by atoms with E-state index in [1.165, 1.54) is 0 Å². The van der Waals surface area contributed by atoms with Crippen LogP contribution < -0.4 is 5.32 Å². The summed E-state index contributed by atoms with van der Waals surface area (Å²) >= 11 is 0. The average molecular weight is 283 g/mol. The lowest BCUT2D eigenvalue weighted by atomic mass is 10.00. The van der Waals surface area contributed by atoms with Gasteiger partial charge in [0.05, 0.1) is 5.92 Å². The number of halogens is 1. The summed E-state index contributed by atoms with van der Waals surface area (Å²) in [6, 6.07) is 10.0. The Morgan fingerprint density at radius 3 is 2.74 bits per heavy atom. The van der Waals surface area contributed by atoms with E-state index in [2.05, 4.69) is 5.32 Å². The first-order valence-corrected chi connectivity index (χ1v) is 6.70. The van der Waals surface area contributed by atoms with Crippen LogP contribution in [0.15, 0.2) is 30.3 Å². The molecule has 106 valence electrons. The van der Waals surface area contributed by atoms with Crippen molar-refractivity contribution in [1.29, 1.82) is 0 Å². The first kappa shape index (κ1) is 16.0. The van der Waals surface area contributed by atoms with E-state index < -0.39 is 0 Å². The molecule has 3 nitrogen and oxygen atoms in total. The molecule has 4 heteroatoms. The highest BCUT2D eigenvalue weighted by molar-refractivity contribution is 5.85. The fourth-order valence-corrected chi connectivity index (χ4v) is 2.65. The lowest BCUT2D eigenvalue weighted by Gasteiger charge is -2.21. The number of carbonyl (C=O) groups is 1. The maximum Gasteiger partial charge on any atom is 0.229 e. The molecule has 2 rings (SSSR count). The number of benzene rings is 1. The summed E-state index contributed by atoms with van der Waals surface area (Å²) in [4.78, 5) is 14.4. The maximum atomic E-state index is 12.4. The summed E-state index contributed by atoms with van der Waals surface area (Å²) < 4.78 is 0. The molecule has 1 aliphatic rings. The first-order chi connectivity index (χ1) is 8.72. The Hall–Kier alpha value is -1.06. The molecule has 1 saturated heterocycles. The molecule has 1 aromatic carbocycles. The fraction of sp³-hybridized carbons (Fsp3) is 0.533. The van der Waals surface area contributed by atoms with Crippen LogP contribution in [0.4, 0.5) is 0 Å². The molecule has 2 unspecified atom stereocenters. The number of likely N-dealkylation sites (tertiary alicyclic amines) is 1. The molecule has 0 aromatic heterocycles. The third-order valence-corrected chi connectivity index (χ3v) is 3.76. The molecule has 1 aliphatic heterocycles. The van der Waals surface area contributed by atoms with Crippen molar-refractivity contribution in [2.45, 2.75) is 19.3 Å². The van der Waals surface area contributed by atoms with Gasteiger partial charge < -0.3 is 10.2 Å². The molecule has 0 aliphatic carbocycles. The van der Waals surface area contributed by atoms with Gasteiger partial charge in [-0.1, -0.05) is 30.3 Å². The van der Waals surface area contributed by atoms with Crippen LogP contribution in [-0.2, 0) is 4.79 Å². The van der Waals surface area contributed by atoms with Crippen LogP contribution in [0.5, 0.6) is 0 Å². The van der Waals surface area contributed by atoms with Gasteiger partial charge in [-0.25, -0.2) is 0 Å². The number of nitrogens with zero attached hydrogens (tertiary/aromatic N) is 1. The highest BCUT2D eigenvalue weighted by Crippen LogP contribution is 2.22. The van der Waals surface area contributed by atoms with E-state index in [1.54, 1.807) is 0 Å². The van der Waals surface area contributed by atoms with Gasteiger partial charge >= 0.3 is 0 Å². The number of rotatable bonds is 4. The van der Waals surface area contributed by atoms with Gasteiger partial charge in [0.1, 0.15) is 0 Å². The second-order valence-electron chi connectivity index (χ2n) is 5.13. The molecule has 19 heavy (non-hydrogen) atoms. The predicted molar refractivity (Wildman–Crippen MR) is 80.7 cm³/mol. The smallest absolute Gasteiger partial charge is 0.229 e. The monoisotopic (exact) mass is 282 g/mol. The Bertz CT molecular complexity index is 396. The van der Waals surface area contributed by atoms with Gasteiger partial charge in [0.2, 0.25) is 5.91 Å². The van der Waals surface area contributed by atoms with E-state index in [9.17, 15) is 4.79 Å². The number of hydrogen-bond donors (Lipinski definition) is 1. The molecule has 1 fully saturated rings. The molecule has 1 aromatic rings. The van der Waals surface area contributed by atoms with Gasteiger partial charge in [-0.2, -0.15) is 0 Å². The number of amides is 1. The number of hydrogen-bond acceptors (Lipinski definition) is 2. The fourth-order valence-electron chi connectivity index (χ4n) is 2.65. The molecule has 0 radical (unpaired) electrons. The van der Waals surface area contributed by atoms with Crippen LogP contribution in [0.3, 0.4) is 0 Å². The molecule has 0 saturated carbocycles. The van der Waals surface area contributed by atoms with Crippen molar-refractivity contribution < 1.29 is 4.79 Å². The van der Waals surface area contributed by atoms with Gasteiger partial charge in [-0.3, -0.25) is 4.79 Å². The average Bonchev–Trinajstić information content (AvgIpc) is 2.87. The van der Waals surface area contributed by atoms with E-state index in [0.717, 1.165) is 31.6 Å². The third-order valence-electron chi connectivity index (χ3n) is 3.76. The second kappa shape index (κ2) is 7.51. The van der Waals surface area contributed by atoms with Crippen molar-refractivity contribution in [3.8, 4) is 0 Å². The summed E-state index contributed by atoms with van der Waals surface area (Å²) in [5.41, 5.74) is 1.11. The van der Waals surface area contributed by atoms with Gasteiger partial charge in [0.25, 0.3) is 0 Å². The Labute approximate surface area is 121 Å². The van der Waals surface area contributed by atoms with E-state index in [-0.39, 0.29) is 24.2 Å². The molecule has 1 heterocycles. The summed E-state index contributed by atoms with van der Waals surface area (Å²) in [5.74, 6) is 0.848. The van der Waals surface area contributed by atoms with Crippen LogP contribution in [0, 0.1) is 5.92 Å². The zero-order valence-corrected chi connectivity index (χ0v) is 12.5. The molecular formula is C15H23ClN2O. The standard InChI is InChI=1S/C15H22N2O.ClH/c1-12(14-6-4-3-5-7-14)15(18)17-9-8-13(11-17)10-16-2;/h3-7,12-13,16H,8-11H2,1-2H3;1H. The normalized spacial score (nSPS) is 19.9. The Morgan fingerprint density at radius 2 is 2.11 bits per heavy atom. The molecule has 1 amide bonds. The van der Waals surface area contributed by atoms with Crippen molar-refractivity contribution in [2.75, 3.05) is 26.7 Å². The zero-order valence-electron chi connectivity index (χ0n) is 11.6. The minimum absolute atomic E-state index is 0. The van der Waals surface area contributed by atoms with Crippen molar-refractivity contribution in [1.82, 2.24) is 10.2 Å². The number of nitrogens with one attached hydrogen (secondary N) is 1. The SMILES string of the molecule is CNCC1CCN(C(=O)C(C)c2ccccc2)C1.Cl. The topological polar surface area (TPSA) is 32.3 Å². The highest BCUT2D eigenvalue weighted by Gasteiger charge is 2.28. The first-order valence-electron chi connectivity index (χ1n) is 6.70. The molecular weight excluding hydrogens is 260 g/mol. The van der Waals surface area contributed by atoms with Crippen LogP contribution in [0.2, 0.25) is 0 Å². The van der Waals surface area contributed by atoms with Crippen LogP contribution in [-0.4, -0.2) is 37.5 Å². The Morgan fingerprint density at radius 1 is 1.42 bits per heavy atom. The molecule has 1 N–H and O–H groups in total. The summed E-state index contributed by atoms with van der Waals surface area (Å²) in [6.45, 7) is 4.81. The molecule has 0 spiro atoms. The largest absolute Gasteiger partial charge is 0.342 e.